The second kappa shape index (κ2) is 8.98. The molecule has 0 aliphatic carbocycles. The fourth-order valence-electron chi connectivity index (χ4n) is 3.31. The zero-order valence-electron chi connectivity index (χ0n) is 17.3. The molecule has 0 spiro atoms. The van der Waals surface area contributed by atoms with E-state index in [2.05, 4.69) is 9.97 Å². The normalized spacial score (nSPS) is 21.9. The number of rotatable bonds is 4. The van der Waals surface area contributed by atoms with Crippen LogP contribution in [0.15, 0.2) is 35.5 Å². The molecule has 1 aromatic carbocycles. The highest BCUT2D eigenvalue weighted by Crippen LogP contribution is 2.49. The molecule has 4 rings (SSSR count). The number of benzene rings is 1. The molecule has 2 aliphatic rings. The molecular formula is C19H17F3N4O7S. The first-order valence-electron chi connectivity index (χ1n) is 9.36. The predicted molar refractivity (Wildman–Crippen MR) is 110 cm³/mol. The Morgan fingerprint density at radius 2 is 1.94 bits per heavy atom. The number of aromatic amines is 1. The maximum atomic E-state index is 12.9. The number of aliphatic carboxylic acids is 2. The van der Waals surface area contributed by atoms with Gasteiger partial charge in [0.15, 0.2) is 5.54 Å². The van der Waals surface area contributed by atoms with Crippen LogP contribution in [0.5, 0.6) is 0 Å². The van der Waals surface area contributed by atoms with Gasteiger partial charge in [-0.05, 0) is 12.1 Å². The zero-order chi connectivity index (χ0) is 25.4. The molecule has 2 aliphatic heterocycles. The number of β-lactam (4-membered cyclic amide) rings is 1. The minimum atomic E-state index is -5.08. The summed E-state index contributed by atoms with van der Waals surface area (Å²) < 4.78 is 36.7. The number of hydrogen-bond acceptors (Lipinski definition) is 8. The predicted octanol–water partition coefficient (Wildman–Crippen LogP) is 1.17. The Morgan fingerprint density at radius 3 is 2.47 bits per heavy atom. The van der Waals surface area contributed by atoms with Crippen molar-refractivity contribution in [2.75, 3.05) is 12.4 Å². The van der Waals surface area contributed by atoms with Gasteiger partial charge in [-0.2, -0.15) is 13.2 Å². The first kappa shape index (κ1) is 25.0. The lowest BCUT2D eigenvalue weighted by molar-refractivity contribution is -0.192. The number of carbonyl (C=O) groups is 4. The molecule has 182 valence electrons. The quantitative estimate of drug-likeness (QED) is 0.351. The molecular weight excluding hydrogens is 485 g/mol. The van der Waals surface area contributed by atoms with E-state index in [4.69, 9.17) is 20.4 Å². The summed E-state index contributed by atoms with van der Waals surface area (Å²) in [6.45, 7) is 1.06. The number of nitrogens with zero attached hydrogens (tertiary/aromatic N) is 2. The van der Waals surface area contributed by atoms with Crippen LogP contribution in [0, 0.1) is 0 Å². The number of alkyl halides is 3. The second-order valence-corrected chi connectivity index (χ2v) is 8.22. The topological polar surface area (TPSA) is 176 Å². The van der Waals surface area contributed by atoms with Gasteiger partial charge in [-0.25, -0.2) is 14.6 Å². The van der Waals surface area contributed by atoms with E-state index in [0.717, 1.165) is 10.4 Å². The summed E-state index contributed by atoms with van der Waals surface area (Å²) in [4.78, 5) is 53.3. The Morgan fingerprint density at radius 1 is 1.32 bits per heavy atom. The highest BCUT2D eigenvalue weighted by Gasteiger charge is 2.65. The number of fused-ring (bicyclic) bond motifs is 2. The lowest BCUT2D eigenvalue weighted by Crippen LogP contribution is -2.76. The molecule has 1 aromatic heterocycles. The van der Waals surface area contributed by atoms with Gasteiger partial charge < -0.3 is 25.7 Å². The average Bonchev–Trinajstić information content (AvgIpc) is 3.20. The van der Waals surface area contributed by atoms with Gasteiger partial charge in [-0.15, -0.1) is 11.8 Å². The highest BCUT2D eigenvalue weighted by atomic mass is 32.2. The van der Waals surface area contributed by atoms with Crippen molar-refractivity contribution < 1.29 is 47.3 Å². The number of nitrogens with two attached hydrogens (primary N) is 1. The molecule has 5 N–H and O–H groups in total. The third kappa shape index (κ3) is 4.43. The third-order valence-corrected chi connectivity index (χ3v) is 6.28. The van der Waals surface area contributed by atoms with Gasteiger partial charge >= 0.3 is 24.1 Å². The number of esters is 1. The molecule has 0 radical (unpaired) electrons. The Balaban J connectivity index is 0.000000406. The van der Waals surface area contributed by atoms with Crippen LogP contribution in [0.2, 0.25) is 0 Å². The number of para-hydroxylation sites is 2. The molecule has 0 bridgehead atoms. The van der Waals surface area contributed by atoms with E-state index in [9.17, 15) is 32.7 Å². The van der Waals surface area contributed by atoms with Gasteiger partial charge in [0.1, 0.15) is 23.5 Å². The van der Waals surface area contributed by atoms with Crippen molar-refractivity contribution in [3.63, 3.8) is 0 Å². The molecule has 1 amide bonds. The maximum Gasteiger partial charge on any atom is 0.490 e. The number of hydrogen-bond donors (Lipinski definition) is 4. The van der Waals surface area contributed by atoms with Crippen LogP contribution in [0.4, 0.5) is 13.2 Å². The van der Waals surface area contributed by atoms with Crippen LogP contribution in [0.25, 0.3) is 11.0 Å². The van der Waals surface area contributed by atoms with Crippen molar-refractivity contribution in [2.45, 2.75) is 24.0 Å². The van der Waals surface area contributed by atoms with Crippen LogP contribution in [0.3, 0.4) is 0 Å². The molecule has 0 saturated carbocycles. The lowest BCUT2D eigenvalue weighted by Gasteiger charge is -2.54. The maximum absolute atomic E-state index is 12.9. The summed E-state index contributed by atoms with van der Waals surface area (Å²) in [5, 5.41) is 16.1. The summed E-state index contributed by atoms with van der Waals surface area (Å²) in [6, 6.07) is 7.29. The summed E-state index contributed by atoms with van der Waals surface area (Å²) in [6.07, 6.45) is -5.08. The van der Waals surface area contributed by atoms with Gasteiger partial charge in [0, 0.05) is 18.2 Å². The molecule has 3 heterocycles. The van der Waals surface area contributed by atoms with Crippen molar-refractivity contribution in [3.8, 4) is 0 Å². The Kier molecular flexibility index (Phi) is 6.61. The number of thioether (sulfide) groups is 1. The molecule has 11 nitrogen and oxygen atoms in total. The number of ether oxygens (including phenoxy) is 1. The number of aromatic nitrogens is 2. The number of amides is 1. The molecule has 2 atom stereocenters. The Bertz CT molecular complexity index is 1180. The average molecular weight is 502 g/mol. The van der Waals surface area contributed by atoms with E-state index in [1.165, 1.54) is 18.7 Å². The van der Waals surface area contributed by atoms with E-state index >= 15 is 0 Å². The standard InChI is InChI=1S/C17H16N4O5S.C2HF3O2/c1-8(22)26-6-9-7-27-16-17(18,15(25)21(16)12(9)13(23)24)14-19-10-4-2-3-5-11(10)20-14;3-2(4,5)1(6)7/h2-5,16H,6-7,18H2,1H3,(H,19,20)(H,23,24);(H,6,7)/t16-,17?;/m0./s1. The minimum Gasteiger partial charge on any atom is -0.477 e. The summed E-state index contributed by atoms with van der Waals surface area (Å²) in [7, 11) is 0. The largest absolute Gasteiger partial charge is 0.490 e. The van der Waals surface area contributed by atoms with Gasteiger partial charge in [0.25, 0.3) is 5.91 Å². The molecule has 1 unspecified atom stereocenters. The van der Waals surface area contributed by atoms with Crippen LogP contribution >= 0.6 is 11.8 Å². The number of carbonyl (C=O) groups excluding carboxylic acids is 2. The smallest absolute Gasteiger partial charge is 0.477 e. The molecule has 1 saturated heterocycles. The Hall–Kier alpha value is -3.59. The van der Waals surface area contributed by atoms with Crippen LogP contribution in [0.1, 0.15) is 12.7 Å². The Labute approximate surface area is 192 Å². The third-order valence-electron chi connectivity index (χ3n) is 4.86. The fourth-order valence-corrected chi connectivity index (χ4v) is 4.72. The second-order valence-electron chi connectivity index (χ2n) is 7.15. The van der Waals surface area contributed by atoms with Gasteiger partial charge in [-0.3, -0.25) is 14.5 Å². The number of H-pyrrole nitrogens is 1. The van der Waals surface area contributed by atoms with E-state index in [1.807, 2.05) is 18.2 Å². The van der Waals surface area contributed by atoms with E-state index in [0.29, 0.717) is 16.9 Å². The first-order chi connectivity index (χ1) is 15.8. The molecule has 2 aromatic rings. The minimum absolute atomic E-state index is 0.178. The lowest BCUT2D eigenvalue weighted by atomic mass is 9.86. The molecule has 34 heavy (non-hydrogen) atoms. The monoisotopic (exact) mass is 502 g/mol. The molecule has 1 fully saturated rings. The van der Waals surface area contributed by atoms with E-state index < -0.39 is 40.9 Å². The van der Waals surface area contributed by atoms with Crippen molar-refractivity contribution in [1.29, 1.82) is 0 Å². The van der Waals surface area contributed by atoms with Crippen LogP contribution in [-0.4, -0.2) is 72.8 Å². The van der Waals surface area contributed by atoms with Crippen molar-refractivity contribution in [2.24, 2.45) is 5.73 Å². The van der Waals surface area contributed by atoms with Crippen molar-refractivity contribution in [3.05, 3.63) is 41.4 Å². The number of imidazole rings is 1. The van der Waals surface area contributed by atoms with Gasteiger partial charge in [-0.1, -0.05) is 12.1 Å². The summed E-state index contributed by atoms with van der Waals surface area (Å²) >= 11 is 1.32. The number of carboxylic acid groups (broad SMARTS) is 2. The van der Waals surface area contributed by atoms with Crippen molar-refractivity contribution in [1.82, 2.24) is 14.9 Å². The van der Waals surface area contributed by atoms with E-state index in [-0.39, 0.29) is 18.1 Å². The van der Waals surface area contributed by atoms with E-state index in [1.54, 1.807) is 6.07 Å². The van der Waals surface area contributed by atoms with Crippen LogP contribution in [-0.2, 0) is 29.5 Å². The number of halogens is 3. The number of nitrogens with one attached hydrogen (secondary N) is 1. The van der Waals surface area contributed by atoms with Crippen LogP contribution < -0.4 is 5.73 Å². The first-order valence-corrected chi connectivity index (χ1v) is 10.4. The fraction of sp³-hybridized carbons (Fsp3) is 0.316. The summed E-state index contributed by atoms with van der Waals surface area (Å²) in [5.74, 6) is -4.52. The van der Waals surface area contributed by atoms with Gasteiger partial charge in [0.05, 0.1) is 11.0 Å². The van der Waals surface area contributed by atoms with Crippen molar-refractivity contribution >= 4 is 46.6 Å². The molecule has 15 heteroatoms. The SMILES string of the molecule is CC(=O)OCC1=C(C(=O)O)N2C(=O)C(N)(c3nc4ccccc4[nH]3)[C@@H]2SC1.O=C(O)C(F)(F)F. The van der Waals surface area contributed by atoms with Gasteiger partial charge in [0.2, 0.25) is 0 Å². The summed E-state index contributed by atoms with van der Waals surface area (Å²) in [5.41, 5.74) is 6.56. The highest BCUT2D eigenvalue weighted by molar-refractivity contribution is 8.00. The zero-order valence-corrected chi connectivity index (χ0v) is 18.1. The number of carboxylic acids is 2.